The number of morpholine rings is 1. The van der Waals surface area contributed by atoms with E-state index in [0.717, 1.165) is 0 Å². The van der Waals surface area contributed by atoms with Gasteiger partial charge in [0.25, 0.3) is 5.91 Å². The van der Waals surface area contributed by atoms with Crippen LogP contribution in [0.1, 0.15) is 0 Å². The predicted octanol–water partition coefficient (Wildman–Crippen LogP) is 3.69. The van der Waals surface area contributed by atoms with Crippen molar-refractivity contribution >= 4 is 56.4 Å². The summed E-state index contributed by atoms with van der Waals surface area (Å²) in [4.78, 5) is 12.1. The molecule has 0 atom stereocenters. The number of amides is 1. The van der Waals surface area contributed by atoms with Crippen molar-refractivity contribution in [3.05, 3.63) is 51.5 Å². The van der Waals surface area contributed by atoms with Gasteiger partial charge in [-0.2, -0.15) is 4.31 Å². The molecule has 0 unspecified atom stereocenters. The fourth-order valence-corrected chi connectivity index (χ4v) is 4.79. The Kier molecular flexibility index (Phi) is 7.26. The Bertz CT molecular complexity index is 1010. The molecule has 0 radical (unpaired) electrons. The topological polar surface area (TPSA) is 84.9 Å². The fraction of sp³-hybridized carbons (Fsp3) is 0.278. The van der Waals surface area contributed by atoms with Crippen LogP contribution in [-0.2, 0) is 19.6 Å². The molecule has 0 saturated carbocycles. The highest BCUT2D eigenvalue weighted by molar-refractivity contribution is 7.89. The number of hydrogen-bond donors (Lipinski definition) is 1. The number of nitrogens with zero attached hydrogens (tertiary/aromatic N) is 1. The van der Waals surface area contributed by atoms with Crippen molar-refractivity contribution in [3.8, 4) is 5.75 Å². The summed E-state index contributed by atoms with van der Waals surface area (Å²) in [6.45, 7) is 0.623. The summed E-state index contributed by atoms with van der Waals surface area (Å²) in [6, 6.07) is 8.83. The molecule has 1 heterocycles. The molecule has 0 spiro atoms. The third kappa shape index (κ3) is 5.53. The molecular weight excluding hydrogens is 463 g/mol. The maximum atomic E-state index is 13.0. The maximum absolute atomic E-state index is 13.0. The van der Waals surface area contributed by atoms with Crippen molar-refractivity contribution in [1.82, 2.24) is 4.31 Å². The molecule has 0 aromatic heterocycles. The second-order valence-electron chi connectivity index (χ2n) is 6.07. The molecule has 0 aliphatic carbocycles. The molecule has 1 N–H and O–H groups in total. The molecule has 11 heteroatoms. The second-order valence-corrected chi connectivity index (χ2v) is 9.25. The lowest BCUT2D eigenvalue weighted by Crippen LogP contribution is -2.40. The van der Waals surface area contributed by atoms with E-state index in [1.165, 1.54) is 28.6 Å². The summed E-state index contributed by atoms with van der Waals surface area (Å²) >= 11 is 17.9. The Hall–Kier alpha value is -1.55. The van der Waals surface area contributed by atoms with E-state index in [4.69, 9.17) is 44.3 Å². The molecule has 7 nitrogen and oxygen atoms in total. The van der Waals surface area contributed by atoms with Gasteiger partial charge in [0, 0.05) is 23.1 Å². The molecule has 156 valence electrons. The third-order valence-corrected chi connectivity index (χ3v) is 6.77. The van der Waals surface area contributed by atoms with Crippen LogP contribution in [0, 0.1) is 0 Å². The smallest absolute Gasteiger partial charge is 0.262 e. The van der Waals surface area contributed by atoms with E-state index in [2.05, 4.69) is 5.32 Å². The van der Waals surface area contributed by atoms with E-state index in [-0.39, 0.29) is 28.8 Å². The van der Waals surface area contributed by atoms with Crippen LogP contribution in [0.5, 0.6) is 5.75 Å². The van der Waals surface area contributed by atoms with Crippen LogP contribution >= 0.6 is 34.8 Å². The Morgan fingerprint density at radius 3 is 2.45 bits per heavy atom. The first-order chi connectivity index (χ1) is 13.8. The van der Waals surface area contributed by atoms with Gasteiger partial charge in [0.1, 0.15) is 10.6 Å². The minimum Gasteiger partial charge on any atom is -0.482 e. The molecule has 2 aromatic carbocycles. The van der Waals surface area contributed by atoms with Gasteiger partial charge >= 0.3 is 0 Å². The number of ether oxygens (including phenoxy) is 2. The van der Waals surface area contributed by atoms with E-state index in [1.807, 2.05) is 0 Å². The van der Waals surface area contributed by atoms with Crippen molar-refractivity contribution in [2.45, 2.75) is 4.90 Å². The van der Waals surface area contributed by atoms with Gasteiger partial charge in [-0.3, -0.25) is 4.79 Å². The van der Waals surface area contributed by atoms with Gasteiger partial charge in [0.2, 0.25) is 10.0 Å². The monoisotopic (exact) mass is 478 g/mol. The number of nitrogens with one attached hydrogen (secondary N) is 1. The van der Waals surface area contributed by atoms with E-state index in [1.54, 1.807) is 12.1 Å². The van der Waals surface area contributed by atoms with Crippen LogP contribution in [-0.4, -0.2) is 51.5 Å². The summed E-state index contributed by atoms with van der Waals surface area (Å²) in [7, 11) is -3.86. The molecule has 1 aliphatic rings. The van der Waals surface area contributed by atoms with Crippen molar-refractivity contribution in [1.29, 1.82) is 0 Å². The average Bonchev–Trinajstić information content (AvgIpc) is 2.70. The van der Waals surface area contributed by atoms with Gasteiger partial charge in [-0.05, 0) is 36.4 Å². The lowest BCUT2D eigenvalue weighted by atomic mass is 10.3. The highest BCUT2D eigenvalue weighted by Crippen LogP contribution is 2.30. The molecular formula is C18H17Cl3N2O5S. The zero-order chi connectivity index (χ0) is 21.0. The average molecular weight is 480 g/mol. The summed E-state index contributed by atoms with van der Waals surface area (Å²) in [5.41, 5.74) is 0.324. The normalized spacial score (nSPS) is 15.1. The van der Waals surface area contributed by atoms with E-state index in [0.29, 0.717) is 28.9 Å². The number of benzene rings is 2. The third-order valence-electron chi connectivity index (χ3n) is 4.05. The van der Waals surface area contributed by atoms with E-state index < -0.39 is 22.5 Å². The van der Waals surface area contributed by atoms with Gasteiger partial charge in [-0.15, -0.1) is 0 Å². The van der Waals surface area contributed by atoms with E-state index in [9.17, 15) is 13.2 Å². The van der Waals surface area contributed by atoms with Crippen molar-refractivity contribution < 1.29 is 22.7 Å². The highest BCUT2D eigenvalue weighted by atomic mass is 35.5. The Labute approximate surface area is 183 Å². The predicted molar refractivity (Wildman–Crippen MR) is 112 cm³/mol. The van der Waals surface area contributed by atoms with Gasteiger partial charge in [-0.25, -0.2) is 8.42 Å². The van der Waals surface area contributed by atoms with Gasteiger partial charge < -0.3 is 14.8 Å². The number of anilines is 1. The lowest BCUT2D eigenvalue weighted by Gasteiger charge is -2.26. The molecule has 2 aromatic rings. The first-order valence-corrected chi connectivity index (χ1v) is 11.1. The largest absolute Gasteiger partial charge is 0.482 e. The van der Waals surface area contributed by atoms with Gasteiger partial charge in [0.15, 0.2) is 6.61 Å². The molecule has 0 bridgehead atoms. The number of carbonyl (C=O) groups excluding carboxylic acids is 1. The number of hydrogen-bond acceptors (Lipinski definition) is 5. The quantitative estimate of drug-likeness (QED) is 0.683. The van der Waals surface area contributed by atoms with Crippen molar-refractivity contribution in [3.63, 3.8) is 0 Å². The Morgan fingerprint density at radius 1 is 1.07 bits per heavy atom. The van der Waals surface area contributed by atoms with Crippen LogP contribution in [0.3, 0.4) is 0 Å². The number of carbonyl (C=O) groups is 1. The van der Waals surface area contributed by atoms with E-state index >= 15 is 0 Å². The molecule has 3 rings (SSSR count). The first kappa shape index (κ1) is 22.1. The van der Waals surface area contributed by atoms with Crippen LogP contribution in [0.4, 0.5) is 5.69 Å². The SMILES string of the molecule is O=C(COc1ccc(Cl)cc1S(=O)(=O)N1CCOCC1)Nc1cc(Cl)ccc1Cl. The first-order valence-electron chi connectivity index (χ1n) is 8.52. The van der Waals surface area contributed by atoms with Gasteiger partial charge in [-0.1, -0.05) is 34.8 Å². The number of sulfonamides is 1. The molecule has 1 amide bonds. The van der Waals surface area contributed by atoms with Crippen LogP contribution in [0.15, 0.2) is 41.3 Å². The summed E-state index contributed by atoms with van der Waals surface area (Å²) < 4.78 is 37.9. The number of halogens is 3. The van der Waals surface area contributed by atoms with Crippen LogP contribution in [0.2, 0.25) is 15.1 Å². The molecule has 1 aliphatic heterocycles. The fourth-order valence-electron chi connectivity index (χ4n) is 2.65. The van der Waals surface area contributed by atoms with Gasteiger partial charge in [0.05, 0.1) is 23.9 Å². The standard InChI is InChI=1S/C18H17Cl3N2O5S/c19-12-1-3-14(21)15(9-12)22-18(24)11-28-16-4-2-13(20)10-17(16)29(25,26)23-5-7-27-8-6-23/h1-4,9-10H,5-8,11H2,(H,22,24). The minimum atomic E-state index is -3.86. The lowest BCUT2D eigenvalue weighted by molar-refractivity contribution is -0.118. The van der Waals surface area contributed by atoms with Crippen molar-refractivity contribution in [2.24, 2.45) is 0 Å². The molecule has 29 heavy (non-hydrogen) atoms. The van der Waals surface area contributed by atoms with Crippen LogP contribution < -0.4 is 10.1 Å². The summed E-state index contributed by atoms with van der Waals surface area (Å²) in [6.07, 6.45) is 0. The Balaban J connectivity index is 1.76. The maximum Gasteiger partial charge on any atom is 0.262 e. The Morgan fingerprint density at radius 2 is 1.72 bits per heavy atom. The minimum absolute atomic E-state index is 0.0215. The van der Waals surface area contributed by atoms with Crippen molar-refractivity contribution in [2.75, 3.05) is 38.2 Å². The summed E-state index contributed by atoms with van der Waals surface area (Å²) in [5.74, 6) is -0.507. The molecule has 1 saturated heterocycles. The zero-order valence-corrected chi connectivity index (χ0v) is 18.1. The summed E-state index contributed by atoms with van der Waals surface area (Å²) in [5, 5.41) is 3.52. The zero-order valence-electron chi connectivity index (χ0n) is 15.0. The van der Waals surface area contributed by atoms with Crippen LogP contribution in [0.25, 0.3) is 0 Å². The number of rotatable bonds is 6. The second kappa shape index (κ2) is 9.51. The highest BCUT2D eigenvalue weighted by Gasteiger charge is 2.29. The molecule has 1 fully saturated rings.